The molecule has 0 saturated carbocycles. The number of methoxy groups -OCH3 is 1. The summed E-state index contributed by atoms with van der Waals surface area (Å²) in [6, 6.07) is 4.55. The molecule has 1 rings (SSSR count). The summed E-state index contributed by atoms with van der Waals surface area (Å²) >= 11 is 3.36. The quantitative estimate of drug-likeness (QED) is 0.789. The van der Waals surface area contributed by atoms with Crippen LogP contribution in [0, 0.1) is 0 Å². The maximum Gasteiger partial charge on any atom is 0.153 e. The fourth-order valence-corrected chi connectivity index (χ4v) is 2.70. The molecule has 1 unspecified atom stereocenters. The van der Waals surface area contributed by atoms with E-state index in [2.05, 4.69) is 15.9 Å². The Morgan fingerprint density at radius 1 is 1.45 bits per heavy atom. The molecule has 20 heavy (non-hydrogen) atoms. The average Bonchev–Trinajstić information content (AvgIpc) is 2.37. The van der Waals surface area contributed by atoms with Gasteiger partial charge in [0.2, 0.25) is 0 Å². The smallest absolute Gasteiger partial charge is 0.153 e. The zero-order chi connectivity index (χ0) is 15.3. The van der Waals surface area contributed by atoms with Crippen molar-refractivity contribution < 1.29 is 17.9 Å². The SMILES string of the molecule is COc1ccc(Br)c(CC(=O)C(N)CCS(C)(=O)=O)c1. The molecule has 5 nitrogen and oxygen atoms in total. The van der Waals surface area contributed by atoms with Crippen molar-refractivity contribution in [3.8, 4) is 5.75 Å². The van der Waals surface area contributed by atoms with Crippen molar-refractivity contribution >= 4 is 31.6 Å². The standard InChI is InChI=1S/C13H18BrNO4S/c1-19-10-3-4-11(14)9(7-10)8-13(16)12(15)5-6-20(2,17)18/h3-4,7,12H,5-6,8,15H2,1-2H3. The molecule has 0 aromatic heterocycles. The van der Waals surface area contributed by atoms with Crippen LogP contribution in [-0.4, -0.2) is 39.4 Å². The third-order valence-electron chi connectivity index (χ3n) is 2.83. The van der Waals surface area contributed by atoms with Gasteiger partial charge in [0.05, 0.1) is 18.9 Å². The molecule has 0 heterocycles. The van der Waals surface area contributed by atoms with E-state index < -0.39 is 15.9 Å². The first-order valence-corrected chi connectivity index (χ1v) is 8.86. The molecule has 0 aliphatic rings. The van der Waals surface area contributed by atoms with Crippen LogP contribution in [0.15, 0.2) is 22.7 Å². The van der Waals surface area contributed by atoms with Crippen LogP contribution in [0.5, 0.6) is 5.75 Å². The summed E-state index contributed by atoms with van der Waals surface area (Å²) in [5.74, 6) is 0.377. The number of nitrogens with two attached hydrogens (primary N) is 1. The number of carbonyl (C=O) groups excluding carboxylic acids is 1. The highest BCUT2D eigenvalue weighted by atomic mass is 79.9. The minimum Gasteiger partial charge on any atom is -0.497 e. The van der Waals surface area contributed by atoms with Crippen molar-refractivity contribution in [3.05, 3.63) is 28.2 Å². The van der Waals surface area contributed by atoms with Gasteiger partial charge in [0.1, 0.15) is 15.6 Å². The maximum atomic E-state index is 12.0. The summed E-state index contributed by atoms with van der Waals surface area (Å²) in [6.45, 7) is 0. The zero-order valence-corrected chi connectivity index (χ0v) is 13.8. The van der Waals surface area contributed by atoms with Crippen LogP contribution in [0.4, 0.5) is 0 Å². The van der Waals surface area contributed by atoms with Gasteiger partial charge in [-0.25, -0.2) is 8.42 Å². The number of ether oxygens (including phenoxy) is 1. The minimum absolute atomic E-state index is 0.0841. The van der Waals surface area contributed by atoms with E-state index in [4.69, 9.17) is 10.5 Å². The highest BCUT2D eigenvalue weighted by molar-refractivity contribution is 9.10. The lowest BCUT2D eigenvalue weighted by molar-refractivity contribution is -0.119. The first-order valence-electron chi connectivity index (χ1n) is 6.01. The third-order valence-corrected chi connectivity index (χ3v) is 4.58. The second kappa shape index (κ2) is 7.19. The van der Waals surface area contributed by atoms with Crippen LogP contribution in [0.2, 0.25) is 0 Å². The number of hydrogen-bond donors (Lipinski definition) is 1. The summed E-state index contributed by atoms with van der Waals surface area (Å²) in [5, 5.41) is 0. The number of Topliss-reactive ketones (excluding diaryl/α,β-unsaturated/α-hetero) is 1. The normalized spacial score (nSPS) is 13.0. The topological polar surface area (TPSA) is 86.5 Å². The Morgan fingerprint density at radius 3 is 2.65 bits per heavy atom. The summed E-state index contributed by atoms with van der Waals surface area (Å²) in [4.78, 5) is 12.0. The van der Waals surface area contributed by atoms with Crippen molar-refractivity contribution in [3.63, 3.8) is 0 Å². The third kappa shape index (κ3) is 5.60. The molecule has 1 aromatic rings. The van der Waals surface area contributed by atoms with E-state index >= 15 is 0 Å². The largest absolute Gasteiger partial charge is 0.497 e. The molecule has 0 bridgehead atoms. The van der Waals surface area contributed by atoms with Gasteiger partial charge >= 0.3 is 0 Å². The molecular weight excluding hydrogens is 346 g/mol. The Labute approximate surface area is 127 Å². The van der Waals surface area contributed by atoms with Gasteiger partial charge < -0.3 is 10.5 Å². The van der Waals surface area contributed by atoms with Crippen LogP contribution in [0.25, 0.3) is 0 Å². The van der Waals surface area contributed by atoms with E-state index in [1.807, 2.05) is 0 Å². The predicted octanol–water partition coefficient (Wildman–Crippen LogP) is 1.33. The van der Waals surface area contributed by atoms with E-state index in [1.165, 1.54) is 0 Å². The number of benzene rings is 1. The first kappa shape index (κ1) is 17.1. The Hall–Kier alpha value is -0.920. The lowest BCUT2D eigenvalue weighted by Crippen LogP contribution is -2.33. The maximum absolute atomic E-state index is 12.0. The molecule has 0 saturated heterocycles. The van der Waals surface area contributed by atoms with Crippen molar-refractivity contribution in [1.82, 2.24) is 0 Å². The van der Waals surface area contributed by atoms with E-state index in [-0.39, 0.29) is 24.4 Å². The van der Waals surface area contributed by atoms with Crippen LogP contribution >= 0.6 is 15.9 Å². The molecule has 2 N–H and O–H groups in total. The molecule has 0 amide bonds. The molecule has 0 fully saturated rings. The predicted molar refractivity (Wildman–Crippen MR) is 81.7 cm³/mol. The molecule has 0 aliphatic heterocycles. The van der Waals surface area contributed by atoms with Crippen molar-refractivity contribution in [2.75, 3.05) is 19.1 Å². The van der Waals surface area contributed by atoms with Crippen LogP contribution < -0.4 is 10.5 Å². The number of hydrogen-bond acceptors (Lipinski definition) is 5. The number of ketones is 1. The lowest BCUT2D eigenvalue weighted by atomic mass is 10.0. The molecule has 1 atom stereocenters. The van der Waals surface area contributed by atoms with Gasteiger partial charge in [0, 0.05) is 17.1 Å². The number of halogens is 1. The van der Waals surface area contributed by atoms with Crippen molar-refractivity contribution in [2.24, 2.45) is 5.73 Å². The van der Waals surface area contributed by atoms with E-state index in [0.717, 1.165) is 16.3 Å². The van der Waals surface area contributed by atoms with Gasteiger partial charge in [0.25, 0.3) is 0 Å². The van der Waals surface area contributed by atoms with Gasteiger partial charge in [-0.2, -0.15) is 0 Å². The van der Waals surface area contributed by atoms with Crippen molar-refractivity contribution in [2.45, 2.75) is 18.9 Å². The molecule has 0 spiro atoms. The first-order chi connectivity index (χ1) is 9.23. The van der Waals surface area contributed by atoms with Crippen LogP contribution in [-0.2, 0) is 21.1 Å². The lowest BCUT2D eigenvalue weighted by Gasteiger charge is -2.11. The Bertz CT molecular complexity index is 586. The molecule has 112 valence electrons. The zero-order valence-electron chi connectivity index (χ0n) is 11.4. The van der Waals surface area contributed by atoms with E-state index in [0.29, 0.717) is 5.75 Å². The van der Waals surface area contributed by atoms with Gasteiger partial charge in [0.15, 0.2) is 5.78 Å². The molecule has 7 heteroatoms. The molecule has 1 aromatic carbocycles. The molecule has 0 radical (unpaired) electrons. The van der Waals surface area contributed by atoms with Gasteiger partial charge in [-0.05, 0) is 30.2 Å². The highest BCUT2D eigenvalue weighted by Gasteiger charge is 2.17. The summed E-state index contributed by atoms with van der Waals surface area (Å²) in [5.41, 5.74) is 6.50. The second-order valence-electron chi connectivity index (χ2n) is 4.63. The van der Waals surface area contributed by atoms with Gasteiger partial charge in [-0.15, -0.1) is 0 Å². The summed E-state index contributed by atoms with van der Waals surface area (Å²) < 4.78 is 28.0. The number of sulfone groups is 1. The average molecular weight is 364 g/mol. The summed E-state index contributed by atoms with van der Waals surface area (Å²) in [6.07, 6.45) is 1.41. The Morgan fingerprint density at radius 2 is 2.10 bits per heavy atom. The second-order valence-corrected chi connectivity index (χ2v) is 7.74. The number of carbonyl (C=O) groups is 1. The monoisotopic (exact) mass is 363 g/mol. The Balaban J connectivity index is 2.70. The van der Waals surface area contributed by atoms with E-state index in [9.17, 15) is 13.2 Å². The van der Waals surface area contributed by atoms with Crippen LogP contribution in [0.1, 0.15) is 12.0 Å². The van der Waals surface area contributed by atoms with Crippen LogP contribution in [0.3, 0.4) is 0 Å². The fourth-order valence-electron chi connectivity index (χ4n) is 1.63. The van der Waals surface area contributed by atoms with Gasteiger partial charge in [-0.3, -0.25) is 4.79 Å². The molecular formula is C13H18BrNO4S. The van der Waals surface area contributed by atoms with Crippen molar-refractivity contribution in [1.29, 1.82) is 0 Å². The fraction of sp³-hybridized carbons (Fsp3) is 0.462. The Kier molecular flexibility index (Phi) is 6.16. The summed E-state index contributed by atoms with van der Waals surface area (Å²) in [7, 11) is -1.56. The minimum atomic E-state index is -3.11. The highest BCUT2D eigenvalue weighted by Crippen LogP contribution is 2.23. The van der Waals surface area contributed by atoms with E-state index in [1.54, 1.807) is 25.3 Å². The molecule has 0 aliphatic carbocycles. The number of rotatable bonds is 7. The van der Waals surface area contributed by atoms with Gasteiger partial charge in [-0.1, -0.05) is 15.9 Å².